The normalized spacial score (nSPS) is 11.3. The molecule has 0 aliphatic rings. The molecule has 2 nitrogen and oxygen atoms in total. The molecule has 226 valence electrons. The molecule has 0 aliphatic carbocycles. The minimum absolute atomic E-state index is 0.875. The molecule has 0 atom stereocenters. The van der Waals surface area contributed by atoms with Crippen molar-refractivity contribution in [3.05, 3.63) is 188 Å². The summed E-state index contributed by atoms with van der Waals surface area (Å²) >= 11 is 0. The van der Waals surface area contributed by atoms with Crippen LogP contribution >= 0.6 is 0 Å². The molecule has 9 rings (SSSR count). The van der Waals surface area contributed by atoms with Gasteiger partial charge in [-0.25, -0.2) is 0 Å². The van der Waals surface area contributed by atoms with Gasteiger partial charge in [0.15, 0.2) is 0 Å². The summed E-state index contributed by atoms with van der Waals surface area (Å²) in [5.41, 5.74) is 12.1. The molecule has 1 heterocycles. The lowest BCUT2D eigenvalue weighted by Gasteiger charge is -2.29. The predicted molar refractivity (Wildman–Crippen MR) is 202 cm³/mol. The largest absolute Gasteiger partial charge is 0.456 e. The van der Waals surface area contributed by atoms with Gasteiger partial charge < -0.3 is 9.32 Å². The molecule has 0 N–H and O–H groups in total. The zero-order valence-electron chi connectivity index (χ0n) is 26.3. The molecule has 9 aromatic rings. The van der Waals surface area contributed by atoms with Gasteiger partial charge in [0, 0.05) is 27.7 Å². The molecule has 0 amide bonds. The number of hydrogen-bond acceptors (Lipinski definition) is 2. The number of rotatable bonds is 6. The molecule has 0 spiro atoms. The van der Waals surface area contributed by atoms with Crippen LogP contribution in [0.25, 0.3) is 66.1 Å². The summed E-state index contributed by atoms with van der Waals surface area (Å²) in [5.74, 6) is 0. The minimum Gasteiger partial charge on any atom is -0.456 e. The van der Waals surface area contributed by atoms with Crippen molar-refractivity contribution in [2.24, 2.45) is 0 Å². The first kappa shape index (κ1) is 27.9. The fourth-order valence-corrected chi connectivity index (χ4v) is 6.92. The highest BCUT2D eigenvalue weighted by Gasteiger charge is 2.23. The van der Waals surface area contributed by atoms with Gasteiger partial charge >= 0.3 is 0 Å². The van der Waals surface area contributed by atoms with Gasteiger partial charge in [-0.1, -0.05) is 146 Å². The molecule has 0 saturated carbocycles. The SMILES string of the molecule is c1ccc(-c2ccc(-c3c(N(c4ccc(-c5ccccc5)cc4)c4ccc5ccccc5c4)ccc4oc5ccccc5c34)cc2)cc1. The molecule has 0 radical (unpaired) electrons. The first-order valence-electron chi connectivity index (χ1n) is 16.3. The monoisotopic (exact) mass is 613 g/mol. The Balaban J connectivity index is 1.30. The Morgan fingerprint density at radius 1 is 0.354 bits per heavy atom. The minimum atomic E-state index is 0.875. The third kappa shape index (κ3) is 4.92. The second-order valence-electron chi connectivity index (χ2n) is 12.2. The number of para-hydroxylation sites is 1. The summed E-state index contributed by atoms with van der Waals surface area (Å²) in [6, 6.07) is 66.9. The van der Waals surface area contributed by atoms with Crippen LogP contribution in [0, 0.1) is 0 Å². The molecule has 2 heteroatoms. The van der Waals surface area contributed by atoms with Gasteiger partial charge in [0.05, 0.1) is 5.69 Å². The Hall–Kier alpha value is -6.38. The average molecular weight is 614 g/mol. The third-order valence-electron chi connectivity index (χ3n) is 9.27. The van der Waals surface area contributed by atoms with Crippen molar-refractivity contribution in [1.82, 2.24) is 0 Å². The van der Waals surface area contributed by atoms with Crippen LogP contribution in [0.2, 0.25) is 0 Å². The molecule has 0 fully saturated rings. The maximum atomic E-state index is 6.46. The van der Waals surface area contributed by atoms with Gasteiger partial charge in [0.1, 0.15) is 11.2 Å². The Kier molecular flexibility index (Phi) is 6.84. The maximum Gasteiger partial charge on any atom is 0.136 e. The molecule has 0 saturated heterocycles. The van der Waals surface area contributed by atoms with Crippen LogP contribution in [0.15, 0.2) is 192 Å². The molecule has 0 bridgehead atoms. The van der Waals surface area contributed by atoms with E-state index in [9.17, 15) is 0 Å². The zero-order chi connectivity index (χ0) is 31.9. The summed E-state index contributed by atoms with van der Waals surface area (Å²) in [6.45, 7) is 0. The standard InChI is InChI=1S/C46H31NO/c1-3-11-32(12-4-1)35-19-21-37(22-20-35)45-42(29-30-44-46(45)41-17-9-10-18-43(41)48-44)47(40-28-25-34-15-7-8-16-38(34)31-40)39-26-23-36(24-27-39)33-13-5-2-6-14-33/h1-31H. The molecule has 8 aromatic carbocycles. The van der Waals surface area contributed by atoms with Gasteiger partial charge in [-0.2, -0.15) is 0 Å². The highest BCUT2D eigenvalue weighted by atomic mass is 16.3. The van der Waals surface area contributed by atoms with Crippen molar-refractivity contribution in [2.45, 2.75) is 0 Å². The fourth-order valence-electron chi connectivity index (χ4n) is 6.92. The van der Waals surface area contributed by atoms with Crippen LogP contribution in [0.1, 0.15) is 0 Å². The highest BCUT2D eigenvalue weighted by Crippen LogP contribution is 2.47. The summed E-state index contributed by atoms with van der Waals surface area (Å²) < 4.78 is 6.46. The van der Waals surface area contributed by atoms with E-state index in [1.165, 1.54) is 33.0 Å². The number of fused-ring (bicyclic) bond motifs is 4. The predicted octanol–water partition coefficient (Wildman–Crippen LogP) is 13.2. The molecule has 48 heavy (non-hydrogen) atoms. The van der Waals surface area contributed by atoms with Crippen LogP contribution in [0.5, 0.6) is 0 Å². The molecular weight excluding hydrogens is 583 g/mol. The van der Waals surface area contributed by atoms with Crippen molar-refractivity contribution in [3.63, 3.8) is 0 Å². The maximum absolute atomic E-state index is 6.46. The fraction of sp³-hybridized carbons (Fsp3) is 0. The number of nitrogens with zero attached hydrogens (tertiary/aromatic N) is 1. The van der Waals surface area contributed by atoms with E-state index in [1.54, 1.807) is 0 Å². The first-order chi connectivity index (χ1) is 23.8. The lowest BCUT2D eigenvalue weighted by atomic mass is 9.94. The Bertz CT molecular complexity index is 2530. The number of benzene rings is 8. The molecule has 0 aliphatic heterocycles. The number of hydrogen-bond donors (Lipinski definition) is 0. The van der Waals surface area contributed by atoms with Crippen LogP contribution < -0.4 is 4.90 Å². The Morgan fingerprint density at radius 3 is 1.60 bits per heavy atom. The number of anilines is 3. The van der Waals surface area contributed by atoms with Crippen LogP contribution in [-0.2, 0) is 0 Å². The van der Waals surface area contributed by atoms with Gasteiger partial charge in [-0.05, 0) is 81.1 Å². The van der Waals surface area contributed by atoms with E-state index in [2.05, 4.69) is 187 Å². The summed E-state index contributed by atoms with van der Waals surface area (Å²) in [7, 11) is 0. The van der Waals surface area contributed by atoms with Crippen molar-refractivity contribution in [2.75, 3.05) is 4.90 Å². The second kappa shape index (κ2) is 11.8. The van der Waals surface area contributed by atoms with E-state index in [-0.39, 0.29) is 0 Å². The first-order valence-corrected chi connectivity index (χ1v) is 16.3. The zero-order valence-corrected chi connectivity index (χ0v) is 26.3. The van der Waals surface area contributed by atoms with E-state index < -0.39 is 0 Å². The molecular formula is C46H31NO. The molecule has 1 aromatic heterocycles. The Labute approximate surface area is 279 Å². The summed E-state index contributed by atoms with van der Waals surface area (Å²) in [5, 5.41) is 4.63. The van der Waals surface area contributed by atoms with Crippen LogP contribution in [0.3, 0.4) is 0 Å². The topological polar surface area (TPSA) is 16.4 Å². The van der Waals surface area contributed by atoms with E-state index in [0.717, 1.165) is 50.1 Å². The van der Waals surface area contributed by atoms with E-state index in [4.69, 9.17) is 4.42 Å². The smallest absolute Gasteiger partial charge is 0.136 e. The van der Waals surface area contributed by atoms with Gasteiger partial charge in [0.25, 0.3) is 0 Å². The lowest BCUT2D eigenvalue weighted by Crippen LogP contribution is -2.11. The average Bonchev–Trinajstić information content (AvgIpc) is 3.55. The van der Waals surface area contributed by atoms with E-state index >= 15 is 0 Å². The lowest BCUT2D eigenvalue weighted by molar-refractivity contribution is 0.669. The molecule has 0 unspecified atom stereocenters. The van der Waals surface area contributed by atoms with Crippen molar-refractivity contribution >= 4 is 49.8 Å². The third-order valence-corrected chi connectivity index (χ3v) is 9.27. The van der Waals surface area contributed by atoms with E-state index in [0.29, 0.717) is 0 Å². The second-order valence-corrected chi connectivity index (χ2v) is 12.2. The Morgan fingerprint density at radius 2 is 0.896 bits per heavy atom. The van der Waals surface area contributed by atoms with E-state index in [1.807, 2.05) is 6.07 Å². The van der Waals surface area contributed by atoms with Gasteiger partial charge in [-0.3, -0.25) is 0 Å². The quantitative estimate of drug-likeness (QED) is 0.185. The highest BCUT2D eigenvalue weighted by molar-refractivity contribution is 6.16. The van der Waals surface area contributed by atoms with Crippen LogP contribution in [-0.4, -0.2) is 0 Å². The van der Waals surface area contributed by atoms with Gasteiger partial charge in [0.2, 0.25) is 0 Å². The van der Waals surface area contributed by atoms with Gasteiger partial charge in [-0.15, -0.1) is 0 Å². The number of furan rings is 1. The van der Waals surface area contributed by atoms with Crippen molar-refractivity contribution in [3.8, 4) is 33.4 Å². The van der Waals surface area contributed by atoms with Crippen molar-refractivity contribution in [1.29, 1.82) is 0 Å². The summed E-state index contributed by atoms with van der Waals surface area (Å²) in [4.78, 5) is 2.39. The van der Waals surface area contributed by atoms with Crippen molar-refractivity contribution < 1.29 is 4.42 Å². The summed E-state index contributed by atoms with van der Waals surface area (Å²) in [6.07, 6.45) is 0. The van der Waals surface area contributed by atoms with Crippen LogP contribution in [0.4, 0.5) is 17.1 Å².